The minimum absolute atomic E-state index is 0.000406. The summed E-state index contributed by atoms with van der Waals surface area (Å²) in [6, 6.07) is 20.9. The van der Waals surface area contributed by atoms with E-state index in [1.54, 1.807) is 35.6 Å². The van der Waals surface area contributed by atoms with Crippen molar-refractivity contribution in [3.05, 3.63) is 139 Å². The van der Waals surface area contributed by atoms with E-state index in [0.29, 0.717) is 52.3 Å². The average Bonchev–Trinajstić information content (AvgIpc) is 3.88. The molecule has 67 heavy (non-hydrogen) atoms. The molecular formula is C48H39ClN10O7S. The van der Waals surface area contributed by atoms with Crippen molar-refractivity contribution in [2.45, 2.75) is 65.0 Å². The van der Waals surface area contributed by atoms with Crippen LogP contribution >= 0.6 is 22.9 Å². The Kier molecular flexibility index (Phi) is 11.1. The van der Waals surface area contributed by atoms with Crippen LogP contribution in [-0.2, 0) is 32.0 Å². The molecule has 6 amide bonds. The van der Waals surface area contributed by atoms with Gasteiger partial charge in [-0.1, -0.05) is 29.8 Å². The quantitative estimate of drug-likeness (QED) is 0.121. The molecule has 1 unspecified atom stereocenters. The van der Waals surface area contributed by atoms with Crippen molar-refractivity contribution in [3.8, 4) is 10.8 Å². The van der Waals surface area contributed by atoms with Crippen LogP contribution < -0.4 is 20.7 Å². The predicted molar refractivity (Wildman–Crippen MR) is 248 cm³/mol. The Morgan fingerprint density at radius 1 is 0.821 bits per heavy atom. The number of halogens is 1. The van der Waals surface area contributed by atoms with E-state index in [0.717, 1.165) is 48.3 Å². The molecule has 6 heterocycles. The maximum atomic E-state index is 13.9. The molecule has 3 N–H and O–H groups in total. The van der Waals surface area contributed by atoms with Gasteiger partial charge >= 0.3 is 0 Å². The maximum absolute atomic E-state index is 13.9. The van der Waals surface area contributed by atoms with Crippen LogP contribution in [0.4, 0.5) is 22.7 Å². The highest BCUT2D eigenvalue weighted by molar-refractivity contribution is 7.15. The lowest BCUT2D eigenvalue weighted by Gasteiger charge is -2.27. The predicted octanol–water partition coefficient (Wildman–Crippen LogP) is 7.76. The van der Waals surface area contributed by atoms with Gasteiger partial charge in [0, 0.05) is 38.8 Å². The number of anilines is 2. The summed E-state index contributed by atoms with van der Waals surface area (Å²) >= 11 is 7.91. The van der Waals surface area contributed by atoms with E-state index >= 15 is 0 Å². The molecule has 10 rings (SSSR count). The van der Waals surface area contributed by atoms with Crippen LogP contribution in [0.15, 0.2) is 94.1 Å². The molecule has 1 fully saturated rings. The van der Waals surface area contributed by atoms with Crippen molar-refractivity contribution in [1.82, 2.24) is 25.0 Å². The van der Waals surface area contributed by atoms with E-state index in [1.807, 2.05) is 47.9 Å². The number of rotatable bonds is 9. The third kappa shape index (κ3) is 8.07. The maximum Gasteiger partial charge on any atom is 0.266 e. The number of azo groups is 1. The number of piperidine rings is 1. The first kappa shape index (κ1) is 43.2. The Hall–Kier alpha value is -7.70. The van der Waals surface area contributed by atoms with Crippen LogP contribution in [0, 0.1) is 20.8 Å². The molecule has 4 aliphatic heterocycles. The van der Waals surface area contributed by atoms with Crippen LogP contribution in [-0.4, -0.2) is 73.5 Å². The van der Waals surface area contributed by atoms with Gasteiger partial charge in [0.05, 0.1) is 34.6 Å². The normalized spacial score (nSPS) is 17.2. The summed E-state index contributed by atoms with van der Waals surface area (Å²) in [6.07, 6.45) is 1.09. The molecular weight excluding hydrogens is 896 g/mol. The highest BCUT2D eigenvalue weighted by atomic mass is 35.5. The molecule has 17 nitrogen and oxygen atoms in total. The number of fused-ring (bicyclic) bond motifs is 6. The highest BCUT2D eigenvalue weighted by Crippen LogP contribution is 2.41. The van der Waals surface area contributed by atoms with Crippen molar-refractivity contribution >= 4 is 86.8 Å². The number of ether oxygens (including phenoxy) is 1. The number of nitrogens with one attached hydrogen (secondary N) is 3. The van der Waals surface area contributed by atoms with Crippen molar-refractivity contribution in [3.63, 3.8) is 0 Å². The molecule has 6 aromatic rings. The molecule has 2 atom stereocenters. The molecule has 0 bridgehead atoms. The molecule has 4 aromatic carbocycles. The van der Waals surface area contributed by atoms with Crippen LogP contribution in [0.25, 0.3) is 5.00 Å². The molecule has 336 valence electrons. The molecule has 2 aromatic heterocycles. The first-order chi connectivity index (χ1) is 32.3. The number of hydrogen-bond donors (Lipinski definition) is 3. The minimum Gasteiger partial charge on any atom is -0.483 e. The van der Waals surface area contributed by atoms with Crippen LogP contribution in [0.5, 0.6) is 5.75 Å². The monoisotopic (exact) mass is 934 g/mol. The summed E-state index contributed by atoms with van der Waals surface area (Å²) in [5.41, 5.74) is 7.72. The molecule has 4 aliphatic rings. The van der Waals surface area contributed by atoms with Gasteiger partial charge in [-0.2, -0.15) is 10.2 Å². The van der Waals surface area contributed by atoms with Crippen LogP contribution in [0.1, 0.15) is 90.4 Å². The molecule has 1 saturated heterocycles. The number of benzene rings is 4. The van der Waals surface area contributed by atoms with Gasteiger partial charge in [0.25, 0.3) is 17.7 Å². The van der Waals surface area contributed by atoms with Crippen molar-refractivity contribution in [2.24, 2.45) is 15.2 Å². The number of carbonyl (C=O) groups is 6. The number of aliphatic imine (C=N–C) groups is 1. The van der Waals surface area contributed by atoms with Gasteiger partial charge in [-0.25, -0.2) is 0 Å². The van der Waals surface area contributed by atoms with E-state index in [1.165, 1.54) is 18.2 Å². The lowest BCUT2D eigenvalue weighted by atomic mass is 9.99. The number of hydrogen-bond acceptors (Lipinski definition) is 13. The molecule has 0 aliphatic carbocycles. The lowest BCUT2D eigenvalue weighted by Crippen LogP contribution is -2.54. The number of aromatic nitrogens is 3. The van der Waals surface area contributed by atoms with E-state index in [-0.39, 0.29) is 42.0 Å². The third-order valence-corrected chi connectivity index (χ3v) is 13.6. The fraction of sp³-hybridized carbons (Fsp3) is 0.229. The number of aryl methyl sites for hydroxylation is 4. The van der Waals surface area contributed by atoms with Gasteiger partial charge in [0.15, 0.2) is 12.4 Å². The zero-order valence-electron chi connectivity index (χ0n) is 36.2. The van der Waals surface area contributed by atoms with Crippen LogP contribution in [0.2, 0.25) is 5.02 Å². The number of nitrogens with zero attached hydrogens (tertiary/aromatic N) is 7. The third-order valence-electron chi connectivity index (χ3n) is 12.2. The molecule has 19 heteroatoms. The first-order valence-corrected chi connectivity index (χ1v) is 22.6. The van der Waals surface area contributed by atoms with Crippen molar-refractivity contribution < 1.29 is 33.5 Å². The number of amides is 6. The van der Waals surface area contributed by atoms with E-state index in [4.69, 9.17) is 21.3 Å². The number of thiophene rings is 1. The lowest BCUT2D eigenvalue weighted by molar-refractivity contribution is -0.136. The second-order valence-corrected chi connectivity index (χ2v) is 18.1. The summed E-state index contributed by atoms with van der Waals surface area (Å²) in [5.74, 6) is -2.12. The first-order valence-electron chi connectivity index (χ1n) is 21.4. The minimum atomic E-state index is -1.14. The summed E-state index contributed by atoms with van der Waals surface area (Å²) in [4.78, 5) is 85.2. The average molecular weight is 935 g/mol. The van der Waals surface area contributed by atoms with Gasteiger partial charge in [0.1, 0.15) is 28.7 Å². The number of imide groups is 2. The van der Waals surface area contributed by atoms with E-state index < -0.39 is 48.2 Å². The Bertz CT molecular complexity index is 3190. The summed E-state index contributed by atoms with van der Waals surface area (Å²) < 4.78 is 7.78. The molecule has 0 saturated carbocycles. The topological polar surface area (TPSA) is 219 Å². The van der Waals surface area contributed by atoms with Gasteiger partial charge in [-0.05, 0) is 117 Å². The van der Waals surface area contributed by atoms with Crippen molar-refractivity contribution in [1.29, 1.82) is 0 Å². The SMILES string of the molecule is Cc1sc2c(c1C)C(c1ccc(Cl)cc1)=N[C@H](CC(=O)Nc1ccc3c(c1)CCc1cc(NC(=O)COc4cccc5c4C(=O)N(C4CCC(=O)NC4=O)C5=O)ccc1N=N3)c1nnc(C)n1-2. The Morgan fingerprint density at radius 3 is 2.19 bits per heavy atom. The van der Waals surface area contributed by atoms with E-state index in [2.05, 4.69) is 50.2 Å². The largest absolute Gasteiger partial charge is 0.483 e. The summed E-state index contributed by atoms with van der Waals surface area (Å²) in [7, 11) is 0. The van der Waals surface area contributed by atoms with Gasteiger partial charge in [-0.15, -0.1) is 21.5 Å². The summed E-state index contributed by atoms with van der Waals surface area (Å²) in [5, 5.41) is 27.6. The van der Waals surface area contributed by atoms with Crippen LogP contribution in [0.3, 0.4) is 0 Å². The highest BCUT2D eigenvalue weighted by Gasteiger charge is 2.46. The molecule has 0 spiro atoms. The van der Waals surface area contributed by atoms with Crippen molar-refractivity contribution in [2.75, 3.05) is 17.2 Å². The number of carbonyl (C=O) groups excluding carboxylic acids is 6. The molecule has 0 radical (unpaired) electrons. The smallest absolute Gasteiger partial charge is 0.266 e. The van der Waals surface area contributed by atoms with Gasteiger partial charge in [0.2, 0.25) is 17.7 Å². The van der Waals surface area contributed by atoms with Gasteiger partial charge in [-0.3, -0.25) is 48.5 Å². The fourth-order valence-corrected chi connectivity index (χ4v) is 10.1. The Balaban J connectivity index is 0.807. The Labute approximate surface area is 391 Å². The van der Waals surface area contributed by atoms with Gasteiger partial charge < -0.3 is 15.4 Å². The standard InChI is InChI=1S/C48H39ClN10O7S/c1-23-24(2)67-48-41(23)43(26-9-11-29(49)12-10-26)52-35(44-57-54-25(3)58(44)48)21-39(61)50-30-13-15-33-27(19-30)7-8-28-20-31(14-16-34(28)56-55-33)51-40(62)22-66-37-6-4-5-32-42(37)47(65)59(46(32)64)36-17-18-38(60)53-45(36)63/h4-6,9-16,19-20,35-36H,7-8,17-18,21-22H2,1-3H3,(H,50,61)(H,51,62)(H,53,60,63)/t35-,36?/m1/s1. The second kappa shape index (κ2) is 17.3. The van der Waals surface area contributed by atoms with E-state index in [9.17, 15) is 28.8 Å². The second-order valence-electron chi connectivity index (χ2n) is 16.5. The summed E-state index contributed by atoms with van der Waals surface area (Å²) in [6.45, 7) is 5.56. The zero-order valence-corrected chi connectivity index (χ0v) is 37.7. The Morgan fingerprint density at radius 2 is 1.51 bits per heavy atom. The fourth-order valence-electron chi connectivity index (χ4n) is 8.76. The zero-order chi connectivity index (χ0) is 46.7.